The third-order valence-corrected chi connectivity index (χ3v) is 3.60. The molecule has 5 heteroatoms. The van der Waals surface area contributed by atoms with Crippen molar-refractivity contribution >= 4 is 22.9 Å². The van der Waals surface area contributed by atoms with Crippen molar-refractivity contribution in [3.8, 4) is 0 Å². The molecule has 0 radical (unpaired) electrons. The zero-order chi connectivity index (χ0) is 13.7. The summed E-state index contributed by atoms with van der Waals surface area (Å²) in [5.41, 5.74) is 1.45. The van der Waals surface area contributed by atoms with E-state index in [0.29, 0.717) is 12.1 Å². The summed E-state index contributed by atoms with van der Waals surface area (Å²) < 4.78 is 0. The molecule has 4 nitrogen and oxygen atoms in total. The molecule has 2 aromatic heterocycles. The van der Waals surface area contributed by atoms with Crippen LogP contribution in [-0.2, 0) is 6.54 Å². The van der Waals surface area contributed by atoms with Gasteiger partial charge in [-0.15, -0.1) is 11.3 Å². The van der Waals surface area contributed by atoms with Crippen LogP contribution in [0, 0.1) is 0 Å². The average Bonchev–Trinajstić information content (AvgIpc) is 2.92. The first-order chi connectivity index (χ1) is 9.22. The number of nitrogens with zero attached hydrogens (tertiary/aromatic N) is 2. The highest BCUT2D eigenvalue weighted by atomic mass is 32.1. The smallest absolute Gasteiger partial charge is 0.256 e. The highest BCUT2D eigenvalue weighted by Gasteiger charge is 2.16. The number of anilines is 1. The van der Waals surface area contributed by atoms with E-state index in [0.717, 1.165) is 12.2 Å². The molecule has 1 N–H and O–H groups in total. The van der Waals surface area contributed by atoms with E-state index in [1.54, 1.807) is 34.7 Å². The molecule has 0 fully saturated rings. The minimum absolute atomic E-state index is 0.00625. The molecule has 0 spiro atoms. The summed E-state index contributed by atoms with van der Waals surface area (Å²) in [6, 6.07) is 5.78. The van der Waals surface area contributed by atoms with Crippen LogP contribution in [0.4, 0.5) is 5.69 Å². The maximum atomic E-state index is 12.4. The number of pyridine rings is 1. The quantitative estimate of drug-likeness (QED) is 0.912. The number of carbonyl (C=O) groups is 1. The Morgan fingerprint density at radius 1 is 1.47 bits per heavy atom. The van der Waals surface area contributed by atoms with Gasteiger partial charge in [0.25, 0.3) is 5.91 Å². The molecule has 2 heterocycles. The van der Waals surface area contributed by atoms with E-state index < -0.39 is 0 Å². The lowest BCUT2D eigenvalue weighted by atomic mass is 10.2. The second-order valence-corrected chi connectivity index (χ2v) is 5.22. The number of hydrogen-bond donors (Lipinski definition) is 1. The lowest BCUT2D eigenvalue weighted by molar-refractivity contribution is 0.0787. The first-order valence-electron chi connectivity index (χ1n) is 6.18. The van der Waals surface area contributed by atoms with Gasteiger partial charge in [0.1, 0.15) is 0 Å². The third kappa shape index (κ3) is 3.32. The predicted molar refractivity (Wildman–Crippen MR) is 78.5 cm³/mol. The van der Waals surface area contributed by atoms with Gasteiger partial charge in [0.05, 0.1) is 24.0 Å². The number of nitrogens with one attached hydrogen (secondary N) is 1. The van der Waals surface area contributed by atoms with E-state index in [1.165, 1.54) is 4.88 Å². The van der Waals surface area contributed by atoms with E-state index in [4.69, 9.17) is 0 Å². The highest BCUT2D eigenvalue weighted by Crippen LogP contribution is 2.17. The molecule has 0 unspecified atom stereocenters. The monoisotopic (exact) mass is 275 g/mol. The van der Waals surface area contributed by atoms with Crippen molar-refractivity contribution in [2.45, 2.75) is 13.5 Å². The predicted octanol–water partition coefficient (Wildman–Crippen LogP) is 2.85. The fourth-order valence-electron chi connectivity index (χ4n) is 1.83. The Bertz CT molecular complexity index is 539. The van der Waals surface area contributed by atoms with Crippen LogP contribution in [0.2, 0.25) is 0 Å². The number of rotatable bonds is 5. The number of hydrogen-bond acceptors (Lipinski definition) is 4. The van der Waals surface area contributed by atoms with Crippen molar-refractivity contribution in [2.75, 3.05) is 18.9 Å². The van der Waals surface area contributed by atoms with E-state index >= 15 is 0 Å². The Labute approximate surface area is 117 Å². The molecule has 0 aromatic carbocycles. The van der Waals surface area contributed by atoms with Crippen molar-refractivity contribution in [3.63, 3.8) is 0 Å². The summed E-state index contributed by atoms with van der Waals surface area (Å²) in [4.78, 5) is 19.4. The van der Waals surface area contributed by atoms with Crippen LogP contribution in [0.25, 0.3) is 0 Å². The molecule has 0 atom stereocenters. The minimum atomic E-state index is 0.00625. The first-order valence-corrected chi connectivity index (χ1v) is 7.06. The Hall–Kier alpha value is -1.88. The summed E-state index contributed by atoms with van der Waals surface area (Å²) in [6.07, 6.45) is 3.34. The van der Waals surface area contributed by atoms with Gasteiger partial charge in [-0.05, 0) is 24.4 Å². The summed E-state index contributed by atoms with van der Waals surface area (Å²) in [7, 11) is 1.82. The van der Waals surface area contributed by atoms with Gasteiger partial charge in [-0.25, -0.2) is 0 Å². The maximum absolute atomic E-state index is 12.4. The van der Waals surface area contributed by atoms with Gasteiger partial charge in [-0.1, -0.05) is 6.07 Å². The lowest BCUT2D eigenvalue weighted by Crippen LogP contribution is -2.26. The number of aromatic nitrogens is 1. The summed E-state index contributed by atoms with van der Waals surface area (Å²) in [5.74, 6) is 0.00625. The van der Waals surface area contributed by atoms with E-state index in [2.05, 4.69) is 10.3 Å². The summed E-state index contributed by atoms with van der Waals surface area (Å²) >= 11 is 1.66. The first kappa shape index (κ1) is 13.5. The van der Waals surface area contributed by atoms with E-state index in [9.17, 15) is 4.79 Å². The molecule has 100 valence electrons. The van der Waals surface area contributed by atoms with Crippen LogP contribution in [0.1, 0.15) is 22.2 Å². The zero-order valence-electron chi connectivity index (χ0n) is 11.1. The Kier molecular flexibility index (Phi) is 4.52. The molecule has 2 rings (SSSR count). The van der Waals surface area contributed by atoms with Gasteiger partial charge < -0.3 is 10.2 Å². The fourth-order valence-corrected chi connectivity index (χ4v) is 2.58. The molecular formula is C14H17N3OS. The number of amides is 1. The normalized spacial score (nSPS) is 10.2. The number of carbonyl (C=O) groups excluding carboxylic acids is 1. The second-order valence-electron chi connectivity index (χ2n) is 4.19. The van der Waals surface area contributed by atoms with Crippen LogP contribution >= 0.6 is 11.3 Å². The van der Waals surface area contributed by atoms with Crippen LogP contribution in [0.5, 0.6) is 0 Å². The van der Waals surface area contributed by atoms with Crippen molar-refractivity contribution in [1.82, 2.24) is 9.88 Å². The van der Waals surface area contributed by atoms with Gasteiger partial charge in [0.2, 0.25) is 0 Å². The third-order valence-electron chi connectivity index (χ3n) is 2.74. The second kappa shape index (κ2) is 6.33. The molecule has 0 aliphatic carbocycles. The van der Waals surface area contributed by atoms with Crippen LogP contribution < -0.4 is 5.32 Å². The Morgan fingerprint density at radius 3 is 3.00 bits per heavy atom. The Morgan fingerprint density at radius 2 is 2.32 bits per heavy atom. The molecule has 2 aromatic rings. The molecule has 0 aliphatic rings. The highest BCUT2D eigenvalue weighted by molar-refractivity contribution is 7.09. The van der Waals surface area contributed by atoms with Gasteiger partial charge >= 0.3 is 0 Å². The van der Waals surface area contributed by atoms with E-state index in [1.807, 2.05) is 31.5 Å². The van der Waals surface area contributed by atoms with Crippen molar-refractivity contribution in [3.05, 3.63) is 46.4 Å². The molecule has 1 amide bonds. The molecule has 0 aliphatic heterocycles. The molecule has 0 saturated carbocycles. The standard InChI is InChI=1S/C14H17N3OS/c1-3-16-13-9-15-7-6-12(13)14(18)17(2)10-11-5-4-8-19-11/h4-9,16H,3,10H2,1-2H3. The lowest BCUT2D eigenvalue weighted by Gasteiger charge is -2.18. The average molecular weight is 275 g/mol. The van der Waals surface area contributed by atoms with Gasteiger partial charge in [-0.2, -0.15) is 0 Å². The molecular weight excluding hydrogens is 258 g/mol. The van der Waals surface area contributed by atoms with Crippen molar-refractivity contribution in [1.29, 1.82) is 0 Å². The van der Waals surface area contributed by atoms with Crippen LogP contribution in [0.3, 0.4) is 0 Å². The molecule has 0 bridgehead atoms. The maximum Gasteiger partial charge on any atom is 0.256 e. The fraction of sp³-hybridized carbons (Fsp3) is 0.286. The molecule has 0 saturated heterocycles. The summed E-state index contributed by atoms with van der Waals surface area (Å²) in [5, 5.41) is 5.18. The zero-order valence-corrected chi connectivity index (χ0v) is 11.9. The Balaban J connectivity index is 2.14. The van der Waals surface area contributed by atoms with Crippen LogP contribution in [-0.4, -0.2) is 29.4 Å². The summed E-state index contributed by atoms with van der Waals surface area (Å²) in [6.45, 7) is 3.39. The van der Waals surface area contributed by atoms with Gasteiger partial charge in [0.15, 0.2) is 0 Å². The van der Waals surface area contributed by atoms with Crippen molar-refractivity contribution < 1.29 is 4.79 Å². The van der Waals surface area contributed by atoms with Gasteiger partial charge in [-0.3, -0.25) is 9.78 Å². The number of thiophene rings is 1. The largest absolute Gasteiger partial charge is 0.383 e. The van der Waals surface area contributed by atoms with Crippen LogP contribution in [0.15, 0.2) is 36.0 Å². The van der Waals surface area contributed by atoms with E-state index in [-0.39, 0.29) is 5.91 Å². The minimum Gasteiger partial charge on any atom is -0.383 e. The SMILES string of the molecule is CCNc1cnccc1C(=O)N(C)Cc1cccs1. The molecule has 19 heavy (non-hydrogen) atoms. The topological polar surface area (TPSA) is 45.2 Å². The van der Waals surface area contributed by atoms with Gasteiger partial charge in [0, 0.05) is 24.7 Å². The van der Waals surface area contributed by atoms with Crippen molar-refractivity contribution in [2.24, 2.45) is 0 Å².